The van der Waals surface area contributed by atoms with E-state index >= 15 is 4.39 Å². The highest BCUT2D eigenvalue weighted by atomic mass is 35.5. The Morgan fingerprint density at radius 3 is 2.55 bits per heavy atom. The molecule has 230 valence electrons. The minimum atomic E-state index is -3.69. The molecule has 2 aromatic carbocycles. The van der Waals surface area contributed by atoms with Gasteiger partial charge in [0, 0.05) is 59.0 Å². The van der Waals surface area contributed by atoms with E-state index < -0.39 is 21.3 Å². The van der Waals surface area contributed by atoms with E-state index in [0.29, 0.717) is 46.6 Å². The molecule has 1 spiro atoms. The van der Waals surface area contributed by atoms with Crippen molar-refractivity contribution in [3.05, 3.63) is 76.8 Å². The molecule has 6 rings (SSSR count). The number of nitrogens with one attached hydrogen (secondary N) is 2. The van der Waals surface area contributed by atoms with Gasteiger partial charge in [0.15, 0.2) is 0 Å². The van der Waals surface area contributed by atoms with E-state index in [-0.39, 0.29) is 41.6 Å². The van der Waals surface area contributed by atoms with E-state index in [1.807, 2.05) is 38.1 Å². The first-order valence-electron chi connectivity index (χ1n) is 14.4. The van der Waals surface area contributed by atoms with Gasteiger partial charge in [0.1, 0.15) is 18.1 Å². The number of anilines is 2. The molecule has 9 nitrogen and oxygen atoms in total. The van der Waals surface area contributed by atoms with Gasteiger partial charge >= 0.3 is 0 Å². The van der Waals surface area contributed by atoms with Crippen LogP contribution >= 0.6 is 11.6 Å². The lowest BCUT2D eigenvalue weighted by molar-refractivity contribution is -0.126. The van der Waals surface area contributed by atoms with Crippen LogP contribution in [0.3, 0.4) is 0 Å². The molecular weight excluding hydrogens is 605 g/mol. The van der Waals surface area contributed by atoms with Crippen LogP contribution in [0.4, 0.5) is 15.8 Å². The third-order valence-electron chi connectivity index (χ3n) is 8.37. The topological polar surface area (TPSA) is 114 Å². The molecule has 2 aromatic heterocycles. The van der Waals surface area contributed by atoms with Gasteiger partial charge < -0.3 is 15.0 Å². The first kappa shape index (κ1) is 30.2. The van der Waals surface area contributed by atoms with Crippen LogP contribution < -0.4 is 19.7 Å². The first-order chi connectivity index (χ1) is 20.9. The summed E-state index contributed by atoms with van der Waals surface area (Å²) in [6.45, 7) is 4.80. The van der Waals surface area contributed by atoms with Gasteiger partial charge in [-0.1, -0.05) is 37.6 Å². The number of benzene rings is 2. The van der Waals surface area contributed by atoms with Gasteiger partial charge in [-0.3, -0.25) is 14.5 Å². The number of hydrogen-bond donors (Lipinski definition) is 2. The molecule has 0 unspecified atom stereocenters. The van der Waals surface area contributed by atoms with Gasteiger partial charge in [0.05, 0.1) is 29.1 Å². The number of rotatable bonds is 9. The summed E-state index contributed by atoms with van der Waals surface area (Å²) in [4.78, 5) is 24.2. The van der Waals surface area contributed by atoms with E-state index in [2.05, 4.69) is 20.0 Å². The molecular formula is C32H33ClFN5O4S. The van der Waals surface area contributed by atoms with Crippen LogP contribution in [0, 0.1) is 5.82 Å². The van der Waals surface area contributed by atoms with Crippen molar-refractivity contribution in [1.29, 1.82) is 0 Å². The number of fused-ring (bicyclic) bond motifs is 4. The van der Waals surface area contributed by atoms with Crippen molar-refractivity contribution in [3.63, 3.8) is 0 Å². The van der Waals surface area contributed by atoms with Gasteiger partial charge in [0.2, 0.25) is 21.8 Å². The standard InChI is InChI=1S/C32H33ClFN5O4S/c1-18(2)35-9-10-43-30-27(38-44(4,41)42)11-20(16-37-30)23-12-24-26(13-25(23)34)36-17-28-29(24)32(31(40)39(28)3)14-21(15-32)19-5-7-22(33)8-6-19/h5-8,11-13,16-18,21,35,38H,9-10,14-15H2,1-4H3/t21-,32+. The molecule has 0 saturated heterocycles. The number of hydrogen-bond acceptors (Lipinski definition) is 7. The van der Waals surface area contributed by atoms with Crippen molar-refractivity contribution >= 4 is 49.8 Å². The zero-order valence-electron chi connectivity index (χ0n) is 24.8. The van der Waals surface area contributed by atoms with Crippen LogP contribution in [-0.4, -0.2) is 56.8 Å². The molecule has 1 fully saturated rings. The number of pyridine rings is 2. The maximum absolute atomic E-state index is 15.7. The molecule has 0 radical (unpaired) electrons. The number of ether oxygens (including phenoxy) is 1. The zero-order chi connectivity index (χ0) is 31.4. The van der Waals surface area contributed by atoms with Crippen molar-refractivity contribution in [1.82, 2.24) is 15.3 Å². The molecule has 1 aliphatic heterocycles. The summed E-state index contributed by atoms with van der Waals surface area (Å²) in [7, 11) is -1.95. The van der Waals surface area contributed by atoms with Gasteiger partial charge in [-0.2, -0.15) is 0 Å². The summed E-state index contributed by atoms with van der Waals surface area (Å²) in [5.41, 5.74) is 2.98. The van der Waals surface area contributed by atoms with E-state index in [1.54, 1.807) is 24.2 Å². The van der Waals surface area contributed by atoms with Crippen molar-refractivity contribution in [2.45, 2.75) is 44.1 Å². The van der Waals surface area contributed by atoms with Gasteiger partial charge in [-0.05, 0) is 48.6 Å². The van der Waals surface area contributed by atoms with Crippen molar-refractivity contribution < 1.29 is 22.3 Å². The third-order valence-corrected chi connectivity index (χ3v) is 9.22. The third kappa shape index (κ3) is 5.48. The second-order valence-electron chi connectivity index (χ2n) is 11.9. The molecule has 0 atom stereocenters. The predicted octanol–water partition coefficient (Wildman–Crippen LogP) is 5.63. The lowest BCUT2D eigenvalue weighted by Gasteiger charge is -2.44. The maximum atomic E-state index is 15.7. The molecule has 12 heteroatoms. The molecule has 2 N–H and O–H groups in total. The number of halogens is 2. The average Bonchev–Trinajstić information content (AvgIpc) is 3.17. The Hall–Kier alpha value is -3.80. The largest absolute Gasteiger partial charge is 0.475 e. The fraction of sp³-hybridized carbons (Fsp3) is 0.344. The summed E-state index contributed by atoms with van der Waals surface area (Å²) in [6.07, 6.45) is 5.33. The quantitative estimate of drug-likeness (QED) is 0.229. The highest BCUT2D eigenvalue weighted by Gasteiger charge is 2.58. The second-order valence-corrected chi connectivity index (χ2v) is 14.1. The number of aromatic nitrogens is 2. The number of amides is 1. The van der Waals surface area contributed by atoms with Crippen LogP contribution in [0.15, 0.2) is 54.9 Å². The average molecular weight is 638 g/mol. The lowest BCUT2D eigenvalue weighted by atomic mass is 9.57. The van der Waals surface area contributed by atoms with Crippen LogP contribution in [0.2, 0.25) is 5.02 Å². The Bertz CT molecular complexity index is 1880. The Balaban J connectivity index is 1.40. The number of likely N-dealkylation sites (N-methyl/N-ethyl adjacent to an activating group) is 1. The number of sulfonamides is 1. The SMILES string of the molecule is CC(C)NCCOc1ncc(-c2cc3c(cc2F)ncc2c3[C@]3(C[C@H](c4ccc(Cl)cc4)C3)C(=O)N2C)cc1NS(C)(=O)=O. The Morgan fingerprint density at radius 2 is 1.86 bits per heavy atom. The monoisotopic (exact) mass is 637 g/mol. The van der Waals surface area contributed by atoms with E-state index in [1.165, 1.54) is 18.3 Å². The number of carbonyl (C=O) groups is 1. The molecule has 4 aromatic rings. The van der Waals surface area contributed by atoms with Crippen molar-refractivity contribution in [3.8, 4) is 17.0 Å². The minimum absolute atomic E-state index is 0.00680. The van der Waals surface area contributed by atoms with Gasteiger partial charge in [-0.25, -0.2) is 17.8 Å². The summed E-state index contributed by atoms with van der Waals surface area (Å²) in [5.74, 6) is -0.294. The minimum Gasteiger partial charge on any atom is -0.475 e. The predicted molar refractivity (Wildman–Crippen MR) is 171 cm³/mol. The fourth-order valence-electron chi connectivity index (χ4n) is 6.33. The first-order valence-corrected chi connectivity index (χ1v) is 16.6. The second kappa shape index (κ2) is 11.3. The maximum Gasteiger partial charge on any atom is 0.238 e. The highest BCUT2D eigenvalue weighted by molar-refractivity contribution is 7.92. The molecule has 1 amide bonds. The van der Waals surface area contributed by atoms with Crippen LogP contribution in [0.5, 0.6) is 5.88 Å². The molecule has 1 saturated carbocycles. The normalized spacial score (nSPS) is 19.5. The molecule has 1 aliphatic carbocycles. The van der Waals surface area contributed by atoms with E-state index in [0.717, 1.165) is 17.4 Å². The Labute approximate surface area is 260 Å². The summed E-state index contributed by atoms with van der Waals surface area (Å²) < 4.78 is 48.2. The lowest BCUT2D eigenvalue weighted by Crippen LogP contribution is -2.47. The fourth-order valence-corrected chi connectivity index (χ4v) is 7.00. The molecule has 2 aliphatic rings. The summed E-state index contributed by atoms with van der Waals surface area (Å²) in [5, 5.41) is 4.55. The van der Waals surface area contributed by atoms with Crippen molar-refractivity contribution in [2.75, 3.05) is 36.1 Å². The number of nitrogens with zero attached hydrogens (tertiary/aromatic N) is 3. The Morgan fingerprint density at radius 1 is 1.14 bits per heavy atom. The van der Waals surface area contributed by atoms with Crippen LogP contribution in [0.1, 0.15) is 43.7 Å². The molecule has 3 heterocycles. The van der Waals surface area contributed by atoms with Crippen molar-refractivity contribution in [2.24, 2.45) is 0 Å². The zero-order valence-corrected chi connectivity index (χ0v) is 26.4. The Kier molecular flexibility index (Phi) is 7.75. The summed E-state index contributed by atoms with van der Waals surface area (Å²) >= 11 is 6.09. The van der Waals surface area contributed by atoms with E-state index in [4.69, 9.17) is 16.3 Å². The highest BCUT2D eigenvalue weighted by Crippen LogP contribution is 2.60. The van der Waals surface area contributed by atoms with Crippen LogP contribution in [0.25, 0.3) is 22.0 Å². The summed E-state index contributed by atoms with van der Waals surface area (Å²) in [6, 6.07) is 12.5. The van der Waals surface area contributed by atoms with Gasteiger partial charge in [0.25, 0.3) is 0 Å². The molecule has 44 heavy (non-hydrogen) atoms. The number of carbonyl (C=O) groups excluding carboxylic acids is 1. The van der Waals surface area contributed by atoms with Gasteiger partial charge in [-0.15, -0.1) is 0 Å². The molecule has 0 bridgehead atoms. The van der Waals surface area contributed by atoms with Crippen LogP contribution in [-0.2, 0) is 20.2 Å². The van der Waals surface area contributed by atoms with E-state index in [9.17, 15) is 13.2 Å². The smallest absolute Gasteiger partial charge is 0.238 e.